The van der Waals surface area contributed by atoms with Crippen LogP contribution in [-0.2, 0) is 9.53 Å². The van der Waals surface area contributed by atoms with Crippen molar-refractivity contribution in [3.8, 4) is 5.75 Å². The highest BCUT2D eigenvalue weighted by molar-refractivity contribution is 9.10. The number of benzene rings is 2. The van der Waals surface area contributed by atoms with Gasteiger partial charge in [0, 0.05) is 10.2 Å². The van der Waals surface area contributed by atoms with E-state index in [4.69, 9.17) is 9.47 Å². The number of aryl methyl sites for hydroxylation is 1. The first-order valence-electron chi connectivity index (χ1n) is 7.95. The van der Waals surface area contributed by atoms with Gasteiger partial charge in [-0.25, -0.2) is 4.79 Å². The van der Waals surface area contributed by atoms with Crippen LogP contribution in [0, 0.1) is 6.92 Å². The van der Waals surface area contributed by atoms with Crippen LogP contribution >= 0.6 is 15.9 Å². The summed E-state index contributed by atoms with van der Waals surface area (Å²) in [5, 5.41) is 2.72. The molecule has 0 unspecified atom stereocenters. The summed E-state index contributed by atoms with van der Waals surface area (Å²) in [7, 11) is 0. The van der Waals surface area contributed by atoms with Gasteiger partial charge in [-0.15, -0.1) is 0 Å². The number of carbonyl (C=O) groups is 2. The molecule has 0 atom stereocenters. The molecule has 0 bridgehead atoms. The van der Waals surface area contributed by atoms with Crippen LogP contribution in [0.5, 0.6) is 5.75 Å². The van der Waals surface area contributed by atoms with Gasteiger partial charge in [0.25, 0.3) is 5.91 Å². The van der Waals surface area contributed by atoms with Crippen LogP contribution in [0.15, 0.2) is 46.9 Å². The van der Waals surface area contributed by atoms with Gasteiger partial charge in [-0.3, -0.25) is 4.79 Å². The van der Waals surface area contributed by atoms with Gasteiger partial charge in [0.1, 0.15) is 5.75 Å². The van der Waals surface area contributed by atoms with E-state index in [1.807, 2.05) is 26.0 Å². The van der Waals surface area contributed by atoms with Gasteiger partial charge < -0.3 is 14.8 Å². The van der Waals surface area contributed by atoms with Crippen molar-refractivity contribution in [2.24, 2.45) is 0 Å². The second-order valence-corrected chi connectivity index (χ2v) is 6.32. The third-order valence-corrected chi connectivity index (χ3v) is 4.23. The number of rotatable bonds is 7. The average Bonchev–Trinajstić information content (AvgIpc) is 2.61. The first-order chi connectivity index (χ1) is 12.0. The van der Waals surface area contributed by atoms with Gasteiger partial charge in [0.15, 0.2) is 6.61 Å². The van der Waals surface area contributed by atoms with Gasteiger partial charge in [0.2, 0.25) is 0 Å². The van der Waals surface area contributed by atoms with E-state index in [0.29, 0.717) is 23.6 Å². The number of nitrogens with one attached hydrogen (secondary N) is 1. The topological polar surface area (TPSA) is 64.6 Å². The molecule has 0 saturated heterocycles. The highest BCUT2D eigenvalue weighted by Gasteiger charge is 2.08. The SMILES string of the molecule is CCCOC(=O)c1ccc(NC(=O)COc2ccc(Br)c(C)c2)cc1. The number of hydrogen-bond acceptors (Lipinski definition) is 4. The van der Waals surface area contributed by atoms with E-state index in [0.717, 1.165) is 16.5 Å². The molecule has 2 aromatic rings. The predicted molar refractivity (Wildman–Crippen MR) is 100 cm³/mol. The number of halogens is 1. The van der Waals surface area contributed by atoms with E-state index >= 15 is 0 Å². The van der Waals surface area contributed by atoms with Gasteiger partial charge in [0.05, 0.1) is 12.2 Å². The zero-order valence-electron chi connectivity index (χ0n) is 14.2. The molecule has 0 spiro atoms. The van der Waals surface area contributed by atoms with Crippen molar-refractivity contribution in [3.63, 3.8) is 0 Å². The molecule has 0 aromatic heterocycles. The third-order valence-electron chi connectivity index (χ3n) is 3.34. The summed E-state index contributed by atoms with van der Waals surface area (Å²) in [4.78, 5) is 23.7. The molecule has 5 nitrogen and oxygen atoms in total. The van der Waals surface area contributed by atoms with E-state index in [2.05, 4.69) is 21.2 Å². The minimum absolute atomic E-state index is 0.0959. The molecule has 1 amide bonds. The van der Waals surface area contributed by atoms with Gasteiger partial charge in [-0.05, 0) is 61.4 Å². The summed E-state index contributed by atoms with van der Waals surface area (Å²) in [6, 6.07) is 12.1. The lowest BCUT2D eigenvalue weighted by molar-refractivity contribution is -0.118. The number of esters is 1. The van der Waals surface area contributed by atoms with E-state index in [9.17, 15) is 9.59 Å². The average molecular weight is 406 g/mol. The van der Waals surface area contributed by atoms with E-state index < -0.39 is 0 Å². The second kappa shape index (κ2) is 9.22. The molecule has 2 aromatic carbocycles. The van der Waals surface area contributed by atoms with Gasteiger partial charge >= 0.3 is 5.97 Å². The maximum absolute atomic E-state index is 12.0. The Morgan fingerprint density at radius 1 is 1.12 bits per heavy atom. The van der Waals surface area contributed by atoms with Gasteiger partial charge in [-0.2, -0.15) is 0 Å². The monoisotopic (exact) mass is 405 g/mol. The van der Waals surface area contributed by atoms with E-state index in [1.165, 1.54) is 0 Å². The second-order valence-electron chi connectivity index (χ2n) is 5.46. The minimum atomic E-state index is -0.367. The first kappa shape index (κ1) is 19.0. The lowest BCUT2D eigenvalue weighted by Crippen LogP contribution is -2.20. The highest BCUT2D eigenvalue weighted by atomic mass is 79.9. The van der Waals surface area contributed by atoms with Crippen LogP contribution in [0.25, 0.3) is 0 Å². The van der Waals surface area contributed by atoms with Crippen molar-refractivity contribution < 1.29 is 19.1 Å². The van der Waals surface area contributed by atoms with Crippen LogP contribution in [0.3, 0.4) is 0 Å². The molecule has 0 aliphatic heterocycles. The van der Waals surface area contributed by atoms with Crippen LogP contribution in [0.1, 0.15) is 29.3 Å². The molecule has 0 aliphatic carbocycles. The Hall–Kier alpha value is -2.34. The number of ether oxygens (including phenoxy) is 2. The van der Waals surface area contributed by atoms with Crippen LogP contribution < -0.4 is 10.1 Å². The van der Waals surface area contributed by atoms with Crippen molar-refractivity contribution in [1.29, 1.82) is 0 Å². The summed E-state index contributed by atoms with van der Waals surface area (Å²) in [6.07, 6.45) is 0.776. The summed E-state index contributed by atoms with van der Waals surface area (Å²) in [6.45, 7) is 4.18. The lowest BCUT2D eigenvalue weighted by Gasteiger charge is -2.09. The number of anilines is 1. The Morgan fingerprint density at radius 2 is 1.84 bits per heavy atom. The summed E-state index contributed by atoms with van der Waals surface area (Å²) < 4.78 is 11.5. The minimum Gasteiger partial charge on any atom is -0.484 e. The van der Waals surface area contributed by atoms with E-state index in [-0.39, 0.29) is 18.5 Å². The van der Waals surface area contributed by atoms with Crippen molar-refractivity contribution in [2.45, 2.75) is 20.3 Å². The Labute approximate surface area is 155 Å². The standard InChI is InChI=1S/C19H20BrNO4/c1-3-10-24-19(23)14-4-6-15(7-5-14)21-18(22)12-25-16-8-9-17(20)13(2)11-16/h4-9,11H,3,10,12H2,1-2H3,(H,21,22). The first-order valence-corrected chi connectivity index (χ1v) is 8.75. The van der Waals surface area contributed by atoms with Crippen LogP contribution in [-0.4, -0.2) is 25.1 Å². The number of carbonyl (C=O) groups excluding carboxylic acids is 2. The fourth-order valence-electron chi connectivity index (χ4n) is 2.02. The van der Waals surface area contributed by atoms with Crippen molar-refractivity contribution >= 4 is 33.5 Å². The maximum Gasteiger partial charge on any atom is 0.338 e. The Balaban J connectivity index is 1.85. The molecule has 0 fully saturated rings. The molecule has 25 heavy (non-hydrogen) atoms. The molecule has 132 valence electrons. The number of amides is 1. The normalized spacial score (nSPS) is 10.2. The van der Waals surface area contributed by atoms with E-state index in [1.54, 1.807) is 30.3 Å². The van der Waals surface area contributed by atoms with Gasteiger partial charge in [-0.1, -0.05) is 22.9 Å². The Kier molecular flexibility index (Phi) is 7.01. The quantitative estimate of drug-likeness (QED) is 0.695. The smallest absolute Gasteiger partial charge is 0.338 e. The number of hydrogen-bond donors (Lipinski definition) is 1. The summed E-state index contributed by atoms with van der Waals surface area (Å²) in [5.74, 6) is -0.0135. The summed E-state index contributed by atoms with van der Waals surface area (Å²) in [5.41, 5.74) is 2.07. The fraction of sp³-hybridized carbons (Fsp3) is 0.263. The molecule has 0 radical (unpaired) electrons. The zero-order chi connectivity index (χ0) is 18.2. The van der Waals surface area contributed by atoms with Crippen molar-refractivity contribution in [2.75, 3.05) is 18.5 Å². The highest BCUT2D eigenvalue weighted by Crippen LogP contribution is 2.21. The molecule has 6 heteroatoms. The summed E-state index contributed by atoms with van der Waals surface area (Å²) >= 11 is 3.42. The Bertz CT molecular complexity index is 744. The maximum atomic E-state index is 12.0. The fourth-order valence-corrected chi connectivity index (χ4v) is 2.27. The molecule has 0 heterocycles. The molecule has 0 aliphatic rings. The molecule has 2 rings (SSSR count). The van der Waals surface area contributed by atoms with Crippen molar-refractivity contribution in [3.05, 3.63) is 58.1 Å². The zero-order valence-corrected chi connectivity index (χ0v) is 15.8. The predicted octanol–water partition coefficient (Wildman–Crippen LogP) is 4.34. The molecular formula is C19H20BrNO4. The van der Waals surface area contributed by atoms with Crippen LogP contribution in [0.2, 0.25) is 0 Å². The molecule has 0 saturated carbocycles. The lowest BCUT2D eigenvalue weighted by atomic mass is 10.2. The van der Waals surface area contributed by atoms with Crippen molar-refractivity contribution in [1.82, 2.24) is 0 Å². The Morgan fingerprint density at radius 3 is 2.48 bits per heavy atom. The van der Waals surface area contributed by atoms with Crippen LogP contribution in [0.4, 0.5) is 5.69 Å². The molecule has 1 N–H and O–H groups in total. The largest absolute Gasteiger partial charge is 0.484 e. The molecular weight excluding hydrogens is 386 g/mol. The third kappa shape index (κ3) is 5.90.